The van der Waals surface area contributed by atoms with Crippen LogP contribution in [0.5, 0.6) is 0 Å². The van der Waals surface area contributed by atoms with Gasteiger partial charge in [-0.15, -0.1) is 11.3 Å². The smallest absolute Gasteiger partial charge is 0.305 e. The Bertz CT molecular complexity index is 1360. The second-order valence-corrected chi connectivity index (χ2v) is 10.4. The molecule has 0 saturated heterocycles. The lowest BCUT2D eigenvalue weighted by molar-refractivity contribution is -0.134. The number of nitrogens with zero attached hydrogens (tertiary/aromatic N) is 3. The fourth-order valence-corrected chi connectivity index (χ4v) is 6.44. The molecule has 3 heterocycles. The number of hydrogen-bond donors (Lipinski definition) is 2. The Morgan fingerprint density at radius 2 is 2.19 bits per heavy atom. The van der Waals surface area contributed by atoms with Gasteiger partial charge in [-0.3, -0.25) is 9.59 Å². The molecule has 3 aromatic heterocycles. The van der Waals surface area contributed by atoms with Gasteiger partial charge in [0.15, 0.2) is 0 Å². The molecule has 9 heteroatoms. The van der Waals surface area contributed by atoms with Crippen LogP contribution < -0.4 is 10.2 Å². The van der Waals surface area contributed by atoms with Crippen molar-refractivity contribution in [2.24, 2.45) is 5.92 Å². The van der Waals surface area contributed by atoms with Gasteiger partial charge in [0.05, 0.1) is 15.6 Å². The van der Waals surface area contributed by atoms with E-state index in [1.165, 1.54) is 21.8 Å². The highest BCUT2D eigenvalue weighted by atomic mass is 32.1. The molecule has 0 radical (unpaired) electrons. The van der Waals surface area contributed by atoms with Gasteiger partial charge in [-0.2, -0.15) is 0 Å². The molecule has 32 heavy (non-hydrogen) atoms. The fraction of sp³-hybridized carbons (Fsp3) is 0.391. The summed E-state index contributed by atoms with van der Waals surface area (Å²) in [5, 5.41) is 4.49. The quantitative estimate of drug-likeness (QED) is 0.429. The number of carbonyl (C=O) groups is 1. The number of aromatic amines is 1. The summed E-state index contributed by atoms with van der Waals surface area (Å²) >= 11 is 2.87. The number of hydrogen-bond acceptors (Lipinski definition) is 7. The summed E-state index contributed by atoms with van der Waals surface area (Å²) in [6.45, 7) is 2.97. The van der Waals surface area contributed by atoms with E-state index in [0.717, 1.165) is 70.6 Å². The lowest BCUT2D eigenvalue weighted by Gasteiger charge is -2.26. The van der Waals surface area contributed by atoms with E-state index in [1.807, 2.05) is 30.1 Å². The molecule has 1 aliphatic rings. The van der Waals surface area contributed by atoms with E-state index < -0.39 is 0 Å². The Kier molecular flexibility index (Phi) is 5.69. The molecule has 0 saturated carbocycles. The molecule has 0 aliphatic heterocycles. The second kappa shape index (κ2) is 8.63. The minimum absolute atomic E-state index is 0.0422. The average Bonchev–Trinajstić information content (AvgIpc) is 3.35. The van der Waals surface area contributed by atoms with Gasteiger partial charge in [-0.25, -0.2) is 9.97 Å². The lowest BCUT2D eigenvalue weighted by atomic mass is 9.87. The summed E-state index contributed by atoms with van der Waals surface area (Å²) in [5.74, 6) is 1.07. The summed E-state index contributed by atoms with van der Waals surface area (Å²) in [4.78, 5) is 40.4. The van der Waals surface area contributed by atoms with Crippen molar-refractivity contribution >= 4 is 60.5 Å². The van der Waals surface area contributed by atoms with Crippen molar-refractivity contribution in [1.29, 1.82) is 0 Å². The van der Waals surface area contributed by atoms with Crippen LogP contribution in [-0.4, -0.2) is 39.4 Å². The van der Waals surface area contributed by atoms with E-state index in [9.17, 15) is 9.59 Å². The number of benzene rings is 1. The third-order valence-corrected chi connectivity index (χ3v) is 8.11. The predicted molar refractivity (Wildman–Crippen MR) is 131 cm³/mol. The third-order valence-electron chi connectivity index (χ3n) is 6.10. The number of thiophene rings is 1. The number of carbonyl (C=O) groups excluding carboxylic acids is 1. The van der Waals surface area contributed by atoms with Crippen LogP contribution in [-0.2, 0) is 17.6 Å². The topological polar surface area (TPSA) is 91.0 Å². The minimum Gasteiger partial charge on any atom is -0.346 e. The molecule has 1 amide bonds. The van der Waals surface area contributed by atoms with E-state index in [-0.39, 0.29) is 16.7 Å². The molecular formula is C23H25N5O2S2. The Hall–Kier alpha value is -2.78. The number of thiazole rings is 1. The van der Waals surface area contributed by atoms with Crippen LogP contribution in [0.2, 0.25) is 0 Å². The number of unbranched alkanes of at least 4 members (excludes halogenated alkanes) is 1. The number of nitrogens with one attached hydrogen (secondary N) is 2. The second-order valence-electron chi connectivity index (χ2n) is 8.31. The Labute approximate surface area is 193 Å². The average molecular weight is 468 g/mol. The first-order valence-electron chi connectivity index (χ1n) is 10.9. The lowest BCUT2D eigenvalue weighted by Crippen LogP contribution is -2.36. The molecule has 0 spiro atoms. The summed E-state index contributed by atoms with van der Waals surface area (Å²) in [5.41, 5.74) is 2.99. The van der Waals surface area contributed by atoms with Crippen molar-refractivity contribution in [3.05, 3.63) is 44.6 Å². The Balaban J connectivity index is 1.43. The van der Waals surface area contributed by atoms with E-state index in [4.69, 9.17) is 0 Å². The maximum atomic E-state index is 12.9. The molecule has 1 aliphatic carbocycles. The van der Waals surface area contributed by atoms with E-state index in [2.05, 4.69) is 27.2 Å². The number of aromatic nitrogens is 3. The van der Waals surface area contributed by atoms with Gasteiger partial charge in [0, 0.05) is 30.1 Å². The molecule has 166 valence electrons. The number of rotatable bonds is 6. The van der Waals surface area contributed by atoms with Gasteiger partial charge >= 0.3 is 4.87 Å². The minimum atomic E-state index is -0.0575. The monoisotopic (exact) mass is 467 g/mol. The molecule has 0 unspecified atom stereocenters. The number of aryl methyl sites for hydroxylation is 1. The van der Waals surface area contributed by atoms with Crippen LogP contribution in [0.4, 0.5) is 11.5 Å². The van der Waals surface area contributed by atoms with Gasteiger partial charge < -0.3 is 15.2 Å². The standard InChI is InChI=1S/C23H25N5O2S2/c1-3-4-9-28(2)22(29)13-5-7-15-17(10-13)31-21-19(15)20(24-12-25-21)26-14-6-8-16-18(11-14)32-23(30)27-16/h6,8,11-13H,3-5,7,9-10H2,1-2H3,(H,27,30)(H,24,25,26)/t13-/m1/s1. The summed E-state index contributed by atoms with van der Waals surface area (Å²) in [6.07, 6.45) is 6.20. The van der Waals surface area contributed by atoms with Gasteiger partial charge in [0.25, 0.3) is 0 Å². The largest absolute Gasteiger partial charge is 0.346 e. The third kappa shape index (κ3) is 3.91. The molecule has 7 nitrogen and oxygen atoms in total. The van der Waals surface area contributed by atoms with Gasteiger partial charge in [0.1, 0.15) is 17.0 Å². The predicted octanol–water partition coefficient (Wildman–Crippen LogP) is 4.70. The summed E-state index contributed by atoms with van der Waals surface area (Å²) in [6, 6.07) is 5.81. The first-order valence-corrected chi connectivity index (χ1v) is 12.6. The van der Waals surface area contributed by atoms with Crippen LogP contribution in [0.1, 0.15) is 36.6 Å². The van der Waals surface area contributed by atoms with Crippen molar-refractivity contribution in [1.82, 2.24) is 19.9 Å². The zero-order valence-electron chi connectivity index (χ0n) is 18.1. The first-order chi connectivity index (χ1) is 15.5. The SMILES string of the molecule is CCCCN(C)C(=O)[C@@H]1CCc2c(sc3ncnc(Nc4ccc5[nH]c(=O)sc5c4)c23)C1. The van der Waals surface area contributed by atoms with Crippen molar-refractivity contribution in [3.63, 3.8) is 0 Å². The van der Waals surface area contributed by atoms with Crippen LogP contribution in [0, 0.1) is 5.92 Å². The van der Waals surface area contributed by atoms with Crippen molar-refractivity contribution in [2.75, 3.05) is 18.9 Å². The maximum Gasteiger partial charge on any atom is 0.305 e. The molecule has 1 aromatic carbocycles. The van der Waals surface area contributed by atoms with Crippen molar-refractivity contribution < 1.29 is 4.79 Å². The van der Waals surface area contributed by atoms with Crippen LogP contribution in [0.3, 0.4) is 0 Å². The van der Waals surface area contributed by atoms with Crippen LogP contribution in [0.15, 0.2) is 29.3 Å². The Morgan fingerprint density at radius 3 is 3.03 bits per heavy atom. The van der Waals surface area contributed by atoms with E-state index in [1.54, 1.807) is 17.7 Å². The first kappa shape index (κ1) is 21.1. The van der Waals surface area contributed by atoms with Gasteiger partial charge in [-0.1, -0.05) is 24.7 Å². The molecule has 1 atom stereocenters. The maximum absolute atomic E-state index is 12.9. The zero-order valence-corrected chi connectivity index (χ0v) is 19.7. The molecule has 2 N–H and O–H groups in total. The van der Waals surface area contributed by atoms with E-state index in [0.29, 0.717) is 0 Å². The molecule has 5 rings (SSSR count). The number of anilines is 2. The highest BCUT2D eigenvalue weighted by molar-refractivity contribution is 7.19. The number of fused-ring (bicyclic) bond motifs is 4. The van der Waals surface area contributed by atoms with Gasteiger partial charge in [-0.05, 0) is 49.4 Å². The number of amides is 1. The van der Waals surface area contributed by atoms with E-state index >= 15 is 0 Å². The molecule has 4 aromatic rings. The van der Waals surface area contributed by atoms with Crippen LogP contribution >= 0.6 is 22.7 Å². The Morgan fingerprint density at radius 1 is 1.31 bits per heavy atom. The van der Waals surface area contributed by atoms with Crippen molar-refractivity contribution in [3.8, 4) is 0 Å². The summed E-state index contributed by atoms with van der Waals surface area (Å²) in [7, 11) is 1.92. The highest BCUT2D eigenvalue weighted by Crippen LogP contribution is 2.40. The molecule has 0 bridgehead atoms. The summed E-state index contributed by atoms with van der Waals surface area (Å²) < 4.78 is 0.909. The van der Waals surface area contributed by atoms with Crippen molar-refractivity contribution in [2.45, 2.75) is 39.0 Å². The molecule has 0 fully saturated rings. The normalized spacial score (nSPS) is 15.8. The van der Waals surface area contributed by atoms with Crippen LogP contribution in [0.25, 0.3) is 20.4 Å². The number of H-pyrrole nitrogens is 1. The fourth-order valence-electron chi connectivity index (χ4n) is 4.39. The highest BCUT2D eigenvalue weighted by Gasteiger charge is 2.30. The zero-order chi connectivity index (χ0) is 22.2. The van der Waals surface area contributed by atoms with Gasteiger partial charge in [0.2, 0.25) is 5.91 Å². The molecular weight excluding hydrogens is 442 g/mol.